The highest BCUT2D eigenvalue weighted by atomic mass is 35.5. The zero-order valence-electron chi connectivity index (χ0n) is 12.0. The third-order valence-corrected chi connectivity index (χ3v) is 3.15. The maximum Gasteiger partial charge on any atom is 0.377 e. The molecule has 1 aliphatic rings. The van der Waals surface area contributed by atoms with Crippen LogP contribution in [0.4, 0.5) is 0 Å². The Morgan fingerprint density at radius 2 is 2.23 bits per heavy atom. The fourth-order valence-electron chi connectivity index (χ4n) is 1.82. The van der Waals surface area contributed by atoms with Crippen LogP contribution in [0.2, 0.25) is 5.02 Å². The number of carbonyl (C=O) groups is 2. The van der Waals surface area contributed by atoms with E-state index in [2.05, 4.69) is 5.32 Å². The molecule has 2 rings (SSSR count). The molecule has 1 atom stereocenters. The molecule has 1 aliphatic heterocycles. The van der Waals surface area contributed by atoms with Crippen molar-refractivity contribution in [1.29, 1.82) is 0 Å². The van der Waals surface area contributed by atoms with Crippen LogP contribution in [0.25, 0.3) is 0 Å². The van der Waals surface area contributed by atoms with Crippen LogP contribution in [-0.2, 0) is 23.8 Å². The third kappa shape index (κ3) is 4.66. The summed E-state index contributed by atoms with van der Waals surface area (Å²) in [5.74, 6) is -1.19. The standard InChI is InChI=1S/C15H16ClNO5/c1-10(11-3-2-4-12(16)7-11)17-14(18)9-22-15(19)13-8-20-5-6-21-13/h2-4,7-8,10H,5-6,9H2,1H3,(H,17,18)/t10-/m0/s1. The molecule has 22 heavy (non-hydrogen) atoms. The van der Waals surface area contributed by atoms with Crippen molar-refractivity contribution in [3.05, 3.63) is 46.9 Å². The van der Waals surface area contributed by atoms with Crippen molar-refractivity contribution in [2.75, 3.05) is 19.8 Å². The van der Waals surface area contributed by atoms with Gasteiger partial charge in [-0.15, -0.1) is 0 Å². The van der Waals surface area contributed by atoms with E-state index >= 15 is 0 Å². The van der Waals surface area contributed by atoms with Gasteiger partial charge in [0.05, 0.1) is 6.04 Å². The molecule has 0 spiro atoms. The molecule has 1 N–H and O–H groups in total. The van der Waals surface area contributed by atoms with Gasteiger partial charge in [-0.05, 0) is 24.6 Å². The third-order valence-electron chi connectivity index (χ3n) is 2.91. The van der Waals surface area contributed by atoms with Gasteiger partial charge in [0.25, 0.3) is 5.91 Å². The van der Waals surface area contributed by atoms with Crippen LogP contribution in [0.1, 0.15) is 18.5 Å². The summed E-state index contributed by atoms with van der Waals surface area (Å²) in [7, 11) is 0. The van der Waals surface area contributed by atoms with Gasteiger partial charge in [-0.2, -0.15) is 0 Å². The molecule has 1 heterocycles. The van der Waals surface area contributed by atoms with Crippen LogP contribution in [0.15, 0.2) is 36.3 Å². The minimum atomic E-state index is -0.731. The maximum absolute atomic E-state index is 11.8. The Morgan fingerprint density at radius 3 is 2.91 bits per heavy atom. The summed E-state index contributed by atoms with van der Waals surface area (Å²) in [6.45, 7) is 2.07. The first kappa shape index (κ1) is 16.2. The van der Waals surface area contributed by atoms with Crippen LogP contribution in [-0.4, -0.2) is 31.7 Å². The number of halogens is 1. The van der Waals surface area contributed by atoms with Gasteiger partial charge >= 0.3 is 5.97 Å². The minimum Gasteiger partial charge on any atom is -0.493 e. The number of ether oxygens (including phenoxy) is 3. The second-order valence-corrected chi connectivity index (χ2v) is 5.06. The highest BCUT2D eigenvalue weighted by Gasteiger charge is 2.18. The fourth-order valence-corrected chi connectivity index (χ4v) is 2.02. The Morgan fingerprint density at radius 1 is 1.41 bits per heavy atom. The van der Waals surface area contributed by atoms with Gasteiger partial charge in [0.15, 0.2) is 6.61 Å². The molecule has 0 radical (unpaired) electrons. The number of amides is 1. The average Bonchev–Trinajstić information content (AvgIpc) is 2.53. The van der Waals surface area contributed by atoms with Gasteiger partial charge in [0.2, 0.25) is 5.76 Å². The molecular weight excluding hydrogens is 310 g/mol. The van der Waals surface area contributed by atoms with E-state index < -0.39 is 18.5 Å². The van der Waals surface area contributed by atoms with Gasteiger partial charge in [-0.25, -0.2) is 4.79 Å². The summed E-state index contributed by atoms with van der Waals surface area (Å²) in [6, 6.07) is 6.91. The number of esters is 1. The molecule has 6 nitrogen and oxygen atoms in total. The first-order valence-electron chi connectivity index (χ1n) is 6.73. The summed E-state index contributed by atoms with van der Waals surface area (Å²) in [4.78, 5) is 23.4. The summed E-state index contributed by atoms with van der Waals surface area (Å²) in [5.41, 5.74) is 0.860. The predicted octanol–water partition coefficient (Wildman–Crippen LogP) is 1.95. The molecule has 0 unspecified atom stereocenters. The van der Waals surface area contributed by atoms with Crippen LogP contribution in [0.3, 0.4) is 0 Å². The first-order chi connectivity index (χ1) is 10.6. The molecule has 0 saturated carbocycles. The van der Waals surface area contributed by atoms with Crippen molar-refractivity contribution < 1.29 is 23.8 Å². The van der Waals surface area contributed by atoms with E-state index in [9.17, 15) is 9.59 Å². The van der Waals surface area contributed by atoms with Crippen LogP contribution < -0.4 is 5.32 Å². The Kier molecular flexibility index (Phi) is 5.66. The predicted molar refractivity (Wildman–Crippen MR) is 79.0 cm³/mol. The lowest BCUT2D eigenvalue weighted by Gasteiger charge is -2.16. The van der Waals surface area contributed by atoms with E-state index in [4.69, 9.17) is 25.8 Å². The van der Waals surface area contributed by atoms with Gasteiger partial charge < -0.3 is 19.5 Å². The number of hydrogen-bond acceptors (Lipinski definition) is 5. The Balaban J connectivity index is 1.80. The zero-order valence-corrected chi connectivity index (χ0v) is 12.8. The second kappa shape index (κ2) is 7.70. The first-order valence-corrected chi connectivity index (χ1v) is 7.10. The molecule has 1 aromatic carbocycles. The molecule has 0 fully saturated rings. The van der Waals surface area contributed by atoms with E-state index in [0.717, 1.165) is 5.56 Å². The molecule has 7 heteroatoms. The van der Waals surface area contributed by atoms with Crippen molar-refractivity contribution in [3.8, 4) is 0 Å². The minimum absolute atomic E-state index is 0.0399. The normalized spacial score (nSPS) is 14.9. The monoisotopic (exact) mass is 325 g/mol. The lowest BCUT2D eigenvalue weighted by Crippen LogP contribution is -2.31. The summed E-state index contributed by atoms with van der Waals surface area (Å²) >= 11 is 5.90. The number of hydrogen-bond donors (Lipinski definition) is 1. The topological polar surface area (TPSA) is 73.9 Å². The average molecular weight is 326 g/mol. The molecule has 0 bridgehead atoms. The SMILES string of the molecule is C[C@H](NC(=O)COC(=O)C1=COCCO1)c1cccc(Cl)c1. The highest BCUT2D eigenvalue weighted by Crippen LogP contribution is 2.17. The maximum atomic E-state index is 11.8. The Bertz CT molecular complexity index is 587. The van der Waals surface area contributed by atoms with Gasteiger partial charge in [0, 0.05) is 5.02 Å². The Labute approximate surface area is 133 Å². The Hall–Kier alpha value is -2.21. The number of rotatable bonds is 5. The quantitative estimate of drug-likeness (QED) is 0.838. The molecule has 0 aromatic heterocycles. The second-order valence-electron chi connectivity index (χ2n) is 4.62. The highest BCUT2D eigenvalue weighted by molar-refractivity contribution is 6.30. The fraction of sp³-hybridized carbons (Fsp3) is 0.333. The van der Waals surface area contributed by atoms with Crippen LogP contribution in [0, 0.1) is 0 Å². The van der Waals surface area contributed by atoms with Crippen molar-refractivity contribution in [3.63, 3.8) is 0 Å². The van der Waals surface area contributed by atoms with Gasteiger partial charge in [-0.1, -0.05) is 23.7 Å². The van der Waals surface area contributed by atoms with Gasteiger partial charge in [-0.3, -0.25) is 4.79 Å². The number of benzene rings is 1. The van der Waals surface area contributed by atoms with Crippen molar-refractivity contribution in [1.82, 2.24) is 5.32 Å². The molecule has 1 aromatic rings. The number of nitrogens with one attached hydrogen (secondary N) is 1. The number of carbonyl (C=O) groups excluding carboxylic acids is 2. The van der Waals surface area contributed by atoms with E-state index in [1.165, 1.54) is 6.26 Å². The summed E-state index contributed by atoms with van der Waals surface area (Å²) < 4.78 is 14.8. The zero-order chi connectivity index (χ0) is 15.9. The smallest absolute Gasteiger partial charge is 0.377 e. The molecule has 1 amide bonds. The van der Waals surface area contributed by atoms with Crippen LogP contribution in [0.5, 0.6) is 0 Å². The van der Waals surface area contributed by atoms with E-state index in [-0.39, 0.29) is 18.4 Å². The largest absolute Gasteiger partial charge is 0.493 e. The molecule has 0 aliphatic carbocycles. The molecule has 0 saturated heterocycles. The summed E-state index contributed by atoms with van der Waals surface area (Å²) in [6.07, 6.45) is 1.18. The van der Waals surface area contributed by atoms with Gasteiger partial charge in [0.1, 0.15) is 19.5 Å². The summed E-state index contributed by atoms with van der Waals surface area (Å²) in [5, 5.41) is 3.30. The lowest BCUT2D eigenvalue weighted by atomic mass is 10.1. The lowest BCUT2D eigenvalue weighted by molar-refractivity contribution is -0.149. The molecule has 118 valence electrons. The van der Waals surface area contributed by atoms with E-state index in [1.54, 1.807) is 18.2 Å². The van der Waals surface area contributed by atoms with Crippen molar-refractivity contribution >= 4 is 23.5 Å². The van der Waals surface area contributed by atoms with Crippen molar-refractivity contribution in [2.24, 2.45) is 0 Å². The van der Waals surface area contributed by atoms with E-state index in [1.807, 2.05) is 13.0 Å². The van der Waals surface area contributed by atoms with Crippen LogP contribution >= 0.6 is 11.6 Å². The molecular formula is C15H16ClNO5. The van der Waals surface area contributed by atoms with E-state index in [0.29, 0.717) is 11.6 Å². The van der Waals surface area contributed by atoms with Crippen molar-refractivity contribution in [2.45, 2.75) is 13.0 Å².